The summed E-state index contributed by atoms with van der Waals surface area (Å²) in [6.45, 7) is 12.7. The summed E-state index contributed by atoms with van der Waals surface area (Å²) in [5.41, 5.74) is 1.55. The lowest BCUT2D eigenvalue weighted by atomic mass is 9.86. The number of aromatic nitrogens is 1. The number of rotatable bonds is 2. The van der Waals surface area contributed by atoms with E-state index in [1.165, 1.54) is 15.4 Å². The van der Waals surface area contributed by atoms with E-state index in [2.05, 4.69) is 56.1 Å². The van der Waals surface area contributed by atoms with Gasteiger partial charge in [0, 0.05) is 21.4 Å². The molecule has 1 aliphatic rings. The maximum absolute atomic E-state index is 12.6. The lowest BCUT2D eigenvalue weighted by Crippen LogP contribution is -2.31. The van der Waals surface area contributed by atoms with E-state index >= 15 is 0 Å². The number of ketones is 1. The van der Waals surface area contributed by atoms with Crippen LogP contribution in [-0.2, 0) is 4.08 Å². The largest absolute Gasteiger partial charge is 0.358 e. The van der Waals surface area contributed by atoms with Crippen LogP contribution in [0.4, 0.5) is 0 Å². The van der Waals surface area contributed by atoms with Crippen LogP contribution in [0.2, 0.25) is 0 Å². The Labute approximate surface area is 153 Å². The molecule has 2 nitrogen and oxygen atoms in total. The van der Waals surface area contributed by atoms with Crippen LogP contribution in [0.25, 0.3) is 0 Å². The maximum Gasteiger partial charge on any atom is 0.184 e. The Morgan fingerprint density at radius 2 is 1.54 bits per heavy atom. The summed E-state index contributed by atoms with van der Waals surface area (Å²) < 4.78 is -0.135. The van der Waals surface area contributed by atoms with E-state index in [1.54, 1.807) is 0 Å². The lowest BCUT2D eigenvalue weighted by molar-refractivity contribution is 0.0853. The van der Waals surface area contributed by atoms with E-state index in [-0.39, 0.29) is 20.7 Å². The quantitative estimate of drug-likeness (QED) is 0.635. The number of H-pyrrole nitrogens is 1. The average Bonchev–Trinajstić information content (AvgIpc) is 3.09. The molecule has 24 heavy (non-hydrogen) atoms. The molecule has 0 bridgehead atoms. The zero-order chi connectivity index (χ0) is 17.8. The number of aromatic amines is 1. The number of hydrogen-bond acceptors (Lipinski definition) is 3. The second kappa shape index (κ2) is 5.70. The molecule has 1 N–H and O–H groups in total. The monoisotopic (exact) mass is 359 g/mol. The van der Waals surface area contributed by atoms with Crippen molar-refractivity contribution in [2.45, 2.75) is 55.4 Å². The minimum absolute atomic E-state index is 0.0333. The van der Waals surface area contributed by atoms with Crippen molar-refractivity contribution in [3.63, 3.8) is 0 Å². The van der Waals surface area contributed by atoms with Gasteiger partial charge in [-0.25, -0.2) is 0 Å². The van der Waals surface area contributed by atoms with E-state index in [9.17, 15) is 4.79 Å². The van der Waals surface area contributed by atoms with Gasteiger partial charge in [0.05, 0.1) is 5.69 Å². The van der Waals surface area contributed by atoms with Gasteiger partial charge < -0.3 is 4.98 Å². The Kier molecular flexibility index (Phi) is 4.20. The van der Waals surface area contributed by atoms with Crippen molar-refractivity contribution in [3.05, 3.63) is 47.8 Å². The topological polar surface area (TPSA) is 32.9 Å². The highest BCUT2D eigenvalue weighted by Gasteiger charge is 2.50. The van der Waals surface area contributed by atoms with Crippen LogP contribution in [0.15, 0.2) is 46.3 Å². The Balaban J connectivity index is 2.05. The molecule has 2 heterocycles. The summed E-state index contributed by atoms with van der Waals surface area (Å²) in [6.07, 6.45) is 2.02. The van der Waals surface area contributed by atoms with E-state index < -0.39 is 0 Å². The first-order chi connectivity index (χ1) is 11.0. The first-order valence-electron chi connectivity index (χ1n) is 8.25. The van der Waals surface area contributed by atoms with Gasteiger partial charge in [0.15, 0.2) is 5.78 Å². The van der Waals surface area contributed by atoms with Gasteiger partial charge in [0.1, 0.15) is 4.08 Å². The van der Waals surface area contributed by atoms with Crippen LogP contribution in [0.3, 0.4) is 0 Å². The van der Waals surface area contributed by atoms with Gasteiger partial charge in [-0.2, -0.15) is 0 Å². The third-order valence-electron chi connectivity index (χ3n) is 4.33. The third kappa shape index (κ3) is 2.84. The van der Waals surface area contributed by atoms with E-state index in [1.807, 2.05) is 50.5 Å². The summed E-state index contributed by atoms with van der Waals surface area (Å²) in [6, 6.07) is 10.6. The normalized spacial score (nSPS) is 16.9. The van der Waals surface area contributed by atoms with Crippen molar-refractivity contribution >= 4 is 29.3 Å². The van der Waals surface area contributed by atoms with Gasteiger partial charge in [-0.15, -0.1) is 23.5 Å². The van der Waals surface area contributed by atoms with Crippen molar-refractivity contribution in [3.8, 4) is 0 Å². The molecular formula is C20H25NOS2. The first kappa shape index (κ1) is 17.7. The van der Waals surface area contributed by atoms with Crippen molar-refractivity contribution in [2.75, 3.05) is 0 Å². The molecule has 0 aliphatic carbocycles. The van der Waals surface area contributed by atoms with Crippen molar-refractivity contribution < 1.29 is 4.79 Å². The average molecular weight is 360 g/mol. The van der Waals surface area contributed by atoms with Crippen LogP contribution in [-0.4, -0.2) is 10.8 Å². The summed E-state index contributed by atoms with van der Waals surface area (Å²) in [5.74, 6) is 0.156. The van der Waals surface area contributed by atoms with Gasteiger partial charge in [-0.1, -0.05) is 53.7 Å². The lowest BCUT2D eigenvalue weighted by Gasteiger charge is -2.39. The zero-order valence-electron chi connectivity index (χ0n) is 15.2. The van der Waals surface area contributed by atoms with Crippen molar-refractivity contribution in [1.29, 1.82) is 0 Å². The molecule has 1 aliphatic heterocycles. The summed E-state index contributed by atoms with van der Waals surface area (Å²) in [4.78, 5) is 18.5. The smallest absolute Gasteiger partial charge is 0.184 e. The fourth-order valence-electron chi connectivity index (χ4n) is 2.93. The molecule has 0 saturated heterocycles. The molecule has 0 spiro atoms. The van der Waals surface area contributed by atoms with Crippen LogP contribution < -0.4 is 0 Å². The molecule has 3 rings (SSSR count). The zero-order valence-corrected chi connectivity index (χ0v) is 16.8. The number of carbonyl (C=O) groups is 1. The van der Waals surface area contributed by atoms with E-state index in [0.29, 0.717) is 5.69 Å². The SMILES string of the molecule is CC(C)(C)C(=O)c1cc(C2(C(C)(C)C)Sc3ccccc3S2)c[nH]1. The summed E-state index contributed by atoms with van der Waals surface area (Å²) in [7, 11) is 0. The fourth-order valence-corrected chi connectivity index (χ4v) is 6.21. The molecule has 0 fully saturated rings. The molecule has 0 radical (unpaired) electrons. The molecule has 0 atom stereocenters. The molecule has 1 aromatic heterocycles. The molecular weight excluding hydrogens is 334 g/mol. The second-order valence-corrected chi connectivity index (χ2v) is 11.2. The Hall–Kier alpha value is -1.13. The number of carbonyl (C=O) groups excluding carboxylic acids is 1. The highest BCUT2D eigenvalue weighted by Crippen LogP contribution is 2.68. The van der Waals surface area contributed by atoms with Crippen LogP contribution in [0, 0.1) is 10.8 Å². The highest BCUT2D eigenvalue weighted by atomic mass is 32.2. The highest BCUT2D eigenvalue weighted by molar-refractivity contribution is 8.20. The van der Waals surface area contributed by atoms with Gasteiger partial charge in [-0.05, 0) is 29.2 Å². The van der Waals surface area contributed by atoms with Crippen LogP contribution in [0.1, 0.15) is 57.6 Å². The number of Topliss-reactive ketones (excluding diaryl/α,β-unsaturated/α-hetero) is 1. The van der Waals surface area contributed by atoms with Crippen LogP contribution >= 0.6 is 23.5 Å². The number of hydrogen-bond donors (Lipinski definition) is 1. The molecule has 0 saturated carbocycles. The standard InChI is InChI=1S/C20H25NOS2/c1-18(2,3)17(22)14-11-13(12-21-14)20(19(4,5)6)23-15-9-7-8-10-16(15)24-20/h7-12,21H,1-6H3. The maximum atomic E-state index is 12.6. The molecule has 2 aromatic rings. The predicted octanol–water partition coefficient (Wildman–Crippen LogP) is 6.34. The molecule has 4 heteroatoms. The predicted molar refractivity (Wildman–Crippen MR) is 104 cm³/mol. The molecule has 0 unspecified atom stereocenters. The van der Waals surface area contributed by atoms with Gasteiger partial charge >= 0.3 is 0 Å². The number of fused-ring (bicyclic) bond motifs is 1. The first-order valence-corrected chi connectivity index (χ1v) is 9.89. The second-order valence-electron chi connectivity index (χ2n) is 8.40. The Bertz CT molecular complexity index is 752. The molecule has 1 aromatic carbocycles. The summed E-state index contributed by atoms with van der Waals surface area (Å²) in [5, 5.41) is 0. The van der Waals surface area contributed by atoms with Gasteiger partial charge in [0.2, 0.25) is 0 Å². The Morgan fingerprint density at radius 3 is 2.00 bits per heavy atom. The summed E-state index contributed by atoms with van der Waals surface area (Å²) >= 11 is 3.82. The Morgan fingerprint density at radius 1 is 1.00 bits per heavy atom. The number of benzene rings is 1. The molecule has 128 valence electrons. The minimum atomic E-state index is -0.379. The van der Waals surface area contributed by atoms with Crippen molar-refractivity contribution in [1.82, 2.24) is 4.98 Å². The minimum Gasteiger partial charge on any atom is -0.358 e. The van der Waals surface area contributed by atoms with E-state index in [0.717, 1.165) is 0 Å². The van der Waals surface area contributed by atoms with Crippen molar-refractivity contribution in [2.24, 2.45) is 10.8 Å². The van der Waals surface area contributed by atoms with Gasteiger partial charge in [-0.3, -0.25) is 4.79 Å². The third-order valence-corrected chi connectivity index (χ3v) is 8.38. The number of nitrogens with one attached hydrogen (secondary N) is 1. The number of thioether (sulfide) groups is 2. The van der Waals surface area contributed by atoms with Crippen LogP contribution in [0.5, 0.6) is 0 Å². The molecule has 0 amide bonds. The van der Waals surface area contributed by atoms with Gasteiger partial charge in [0.25, 0.3) is 0 Å². The fraction of sp³-hybridized carbons (Fsp3) is 0.450. The van der Waals surface area contributed by atoms with E-state index in [4.69, 9.17) is 0 Å².